The van der Waals surface area contributed by atoms with Gasteiger partial charge in [0.15, 0.2) is 0 Å². The van der Waals surface area contributed by atoms with Crippen LogP contribution in [0.15, 0.2) is 90.3 Å². The first-order valence-electron chi connectivity index (χ1n) is 8.78. The molecule has 0 amide bonds. The summed E-state index contributed by atoms with van der Waals surface area (Å²) >= 11 is 1.56. The van der Waals surface area contributed by atoms with E-state index in [1.54, 1.807) is 36.4 Å². The fourth-order valence-corrected chi connectivity index (χ4v) is 4.40. The van der Waals surface area contributed by atoms with Crippen molar-refractivity contribution in [2.45, 2.75) is 22.9 Å². The van der Waals surface area contributed by atoms with Crippen LogP contribution >= 0.6 is 11.8 Å². The van der Waals surface area contributed by atoms with Gasteiger partial charge in [-0.15, -0.1) is 11.8 Å². The summed E-state index contributed by atoms with van der Waals surface area (Å²) in [5.74, 6) is 0. The number of fused-ring (bicyclic) bond motifs is 1. The van der Waals surface area contributed by atoms with E-state index in [1.807, 2.05) is 29.0 Å². The minimum absolute atomic E-state index is 0.0250. The molecule has 3 aromatic carbocycles. The Morgan fingerprint density at radius 2 is 1.68 bits per heavy atom. The van der Waals surface area contributed by atoms with Crippen molar-refractivity contribution in [3.63, 3.8) is 0 Å². The molecular formula is C22H17F3N2S. The predicted octanol–water partition coefficient (Wildman–Crippen LogP) is 6.59. The van der Waals surface area contributed by atoms with Gasteiger partial charge in [-0.05, 0) is 40.6 Å². The molecule has 0 aliphatic rings. The zero-order valence-corrected chi connectivity index (χ0v) is 15.6. The summed E-state index contributed by atoms with van der Waals surface area (Å²) in [6.07, 6.45) is 1.05. The molecular weight excluding hydrogens is 381 g/mol. The van der Waals surface area contributed by atoms with Crippen molar-refractivity contribution in [2.24, 2.45) is 0 Å². The molecule has 4 aromatic rings. The lowest BCUT2D eigenvalue weighted by Crippen LogP contribution is -2.06. The lowest BCUT2D eigenvalue weighted by atomic mass is 10.0. The van der Waals surface area contributed by atoms with Gasteiger partial charge in [0.25, 0.3) is 0 Å². The second kappa shape index (κ2) is 7.72. The zero-order valence-electron chi connectivity index (χ0n) is 14.8. The Morgan fingerprint density at radius 1 is 0.929 bits per heavy atom. The Bertz CT molecular complexity index is 1050. The van der Waals surface area contributed by atoms with Crippen molar-refractivity contribution in [3.8, 4) is 0 Å². The van der Waals surface area contributed by atoms with E-state index >= 15 is 0 Å². The number of halogens is 3. The van der Waals surface area contributed by atoms with Gasteiger partial charge in [-0.25, -0.2) is 4.98 Å². The van der Waals surface area contributed by atoms with Gasteiger partial charge in [0.05, 0.1) is 17.1 Å². The van der Waals surface area contributed by atoms with E-state index in [9.17, 15) is 13.2 Å². The van der Waals surface area contributed by atoms with Crippen molar-refractivity contribution in [1.29, 1.82) is 0 Å². The molecule has 0 radical (unpaired) electrons. The molecule has 0 saturated heterocycles. The fourth-order valence-electron chi connectivity index (χ4n) is 3.20. The average molecular weight is 398 g/mol. The molecule has 0 N–H and O–H groups in total. The van der Waals surface area contributed by atoms with Gasteiger partial charge in [-0.2, -0.15) is 13.2 Å². The molecule has 0 spiro atoms. The minimum Gasteiger partial charge on any atom is -0.336 e. The van der Waals surface area contributed by atoms with Gasteiger partial charge in [0.2, 0.25) is 0 Å². The van der Waals surface area contributed by atoms with Crippen LogP contribution in [0, 0.1) is 0 Å². The summed E-state index contributed by atoms with van der Waals surface area (Å²) < 4.78 is 40.6. The lowest BCUT2D eigenvalue weighted by molar-refractivity contribution is -0.137. The van der Waals surface area contributed by atoms with E-state index in [0.717, 1.165) is 33.4 Å². The molecule has 1 heterocycles. The third-order valence-corrected chi connectivity index (χ3v) is 5.80. The molecule has 0 saturated carbocycles. The Morgan fingerprint density at radius 3 is 2.39 bits per heavy atom. The Balaban J connectivity index is 1.70. The number of benzene rings is 3. The standard InChI is InChI=1S/C22H17F3N2S/c23-22(24,25)17-8-10-18(11-9-17)28-21(14-27-13-12-26-15-27)20-7-3-5-16-4-1-2-6-19(16)20/h1-13,15,21H,14H2. The second-order valence-corrected chi connectivity index (χ2v) is 7.73. The molecule has 0 fully saturated rings. The van der Waals surface area contributed by atoms with Crippen molar-refractivity contribution >= 4 is 22.5 Å². The van der Waals surface area contributed by atoms with Crippen LogP contribution in [0.25, 0.3) is 10.8 Å². The predicted molar refractivity (Wildman–Crippen MR) is 106 cm³/mol. The lowest BCUT2D eigenvalue weighted by Gasteiger charge is -2.20. The number of rotatable bonds is 5. The van der Waals surface area contributed by atoms with E-state index in [4.69, 9.17) is 0 Å². The monoisotopic (exact) mass is 398 g/mol. The third-order valence-electron chi connectivity index (χ3n) is 4.57. The van der Waals surface area contributed by atoms with Crippen molar-refractivity contribution in [3.05, 3.63) is 96.6 Å². The zero-order chi connectivity index (χ0) is 19.6. The summed E-state index contributed by atoms with van der Waals surface area (Å²) in [4.78, 5) is 4.90. The number of aromatic nitrogens is 2. The maximum absolute atomic E-state index is 12.9. The summed E-state index contributed by atoms with van der Waals surface area (Å²) in [6, 6.07) is 19.7. The van der Waals surface area contributed by atoms with Crippen molar-refractivity contribution in [2.75, 3.05) is 0 Å². The average Bonchev–Trinajstić information content (AvgIpc) is 3.20. The maximum Gasteiger partial charge on any atom is 0.416 e. The Hall–Kier alpha value is -2.73. The van der Waals surface area contributed by atoms with Crippen molar-refractivity contribution < 1.29 is 13.2 Å². The molecule has 1 aromatic heterocycles. The topological polar surface area (TPSA) is 17.8 Å². The Labute approximate surface area is 165 Å². The summed E-state index contributed by atoms with van der Waals surface area (Å²) in [7, 11) is 0. The van der Waals surface area contributed by atoms with Crippen LogP contribution in [0.4, 0.5) is 13.2 Å². The third kappa shape index (κ3) is 4.07. The molecule has 28 heavy (non-hydrogen) atoms. The summed E-state index contributed by atoms with van der Waals surface area (Å²) in [5.41, 5.74) is 0.518. The highest BCUT2D eigenvalue weighted by molar-refractivity contribution is 7.99. The second-order valence-electron chi connectivity index (χ2n) is 6.46. The van der Waals surface area contributed by atoms with Gasteiger partial charge in [-0.3, -0.25) is 0 Å². The number of hydrogen-bond acceptors (Lipinski definition) is 2. The highest BCUT2D eigenvalue weighted by Gasteiger charge is 2.30. The van der Waals surface area contributed by atoms with E-state index in [0.29, 0.717) is 6.54 Å². The van der Waals surface area contributed by atoms with Crippen LogP contribution < -0.4 is 0 Å². The first-order chi connectivity index (χ1) is 13.5. The smallest absolute Gasteiger partial charge is 0.336 e. The summed E-state index contributed by atoms with van der Waals surface area (Å²) in [6.45, 7) is 0.666. The fraction of sp³-hybridized carbons (Fsp3) is 0.136. The molecule has 0 aliphatic carbocycles. The molecule has 142 valence electrons. The first kappa shape index (κ1) is 18.6. The number of thioether (sulfide) groups is 1. The van der Waals surface area contributed by atoms with Crippen LogP contribution in [0.5, 0.6) is 0 Å². The van der Waals surface area contributed by atoms with E-state index < -0.39 is 11.7 Å². The molecule has 1 atom stereocenters. The largest absolute Gasteiger partial charge is 0.416 e. The van der Waals surface area contributed by atoms with Crippen LogP contribution in [0.3, 0.4) is 0 Å². The highest BCUT2D eigenvalue weighted by atomic mass is 32.2. The van der Waals surface area contributed by atoms with Crippen LogP contribution in [-0.2, 0) is 12.7 Å². The highest BCUT2D eigenvalue weighted by Crippen LogP contribution is 2.40. The van der Waals surface area contributed by atoms with Gasteiger partial charge in [0, 0.05) is 23.8 Å². The SMILES string of the molecule is FC(F)(F)c1ccc(SC(Cn2ccnc2)c2cccc3ccccc23)cc1. The summed E-state index contributed by atoms with van der Waals surface area (Å²) in [5, 5.41) is 2.32. The quantitative estimate of drug-likeness (QED) is 0.353. The molecule has 1 unspecified atom stereocenters. The van der Waals surface area contributed by atoms with Gasteiger partial charge in [-0.1, -0.05) is 42.5 Å². The van der Waals surface area contributed by atoms with Crippen molar-refractivity contribution in [1.82, 2.24) is 9.55 Å². The van der Waals surface area contributed by atoms with Crippen LogP contribution in [0.1, 0.15) is 16.4 Å². The number of hydrogen-bond donors (Lipinski definition) is 0. The molecule has 0 bridgehead atoms. The van der Waals surface area contributed by atoms with E-state index in [1.165, 1.54) is 0 Å². The minimum atomic E-state index is -4.32. The van der Waals surface area contributed by atoms with Gasteiger partial charge >= 0.3 is 6.18 Å². The van der Waals surface area contributed by atoms with E-state index in [2.05, 4.69) is 29.2 Å². The molecule has 2 nitrogen and oxygen atoms in total. The number of imidazole rings is 1. The van der Waals surface area contributed by atoms with Gasteiger partial charge < -0.3 is 4.57 Å². The number of alkyl halides is 3. The van der Waals surface area contributed by atoms with E-state index in [-0.39, 0.29) is 5.25 Å². The Kier molecular flexibility index (Phi) is 5.13. The molecule has 0 aliphatic heterocycles. The van der Waals surface area contributed by atoms with Crippen LogP contribution in [-0.4, -0.2) is 9.55 Å². The maximum atomic E-state index is 12.9. The molecule has 6 heteroatoms. The normalized spacial score (nSPS) is 13.0. The van der Waals surface area contributed by atoms with Gasteiger partial charge in [0.1, 0.15) is 0 Å². The first-order valence-corrected chi connectivity index (χ1v) is 9.66. The number of nitrogens with zero attached hydrogens (tertiary/aromatic N) is 2. The molecule has 4 rings (SSSR count). The van der Waals surface area contributed by atoms with Crippen LogP contribution in [0.2, 0.25) is 0 Å².